The number of carboxylic acid groups (broad SMARTS) is 1. The van der Waals surface area contributed by atoms with Gasteiger partial charge in [-0.1, -0.05) is 0 Å². The van der Waals surface area contributed by atoms with E-state index in [2.05, 4.69) is 4.74 Å². The van der Waals surface area contributed by atoms with E-state index in [1.807, 2.05) is 0 Å². The molecule has 1 aliphatic rings. The van der Waals surface area contributed by atoms with Crippen molar-refractivity contribution in [2.24, 2.45) is 0 Å². The molecule has 1 aromatic rings. The lowest BCUT2D eigenvalue weighted by Gasteiger charge is -2.12. The van der Waals surface area contributed by atoms with Crippen molar-refractivity contribution >= 4 is 11.8 Å². The monoisotopic (exact) mass is 253 g/mol. The highest BCUT2D eigenvalue weighted by atomic mass is 16.7. The molecule has 0 amide bonds. The molecule has 1 fully saturated rings. The number of carbonyl (C=O) groups is 1. The second-order valence-electron chi connectivity index (χ2n) is 3.91. The van der Waals surface area contributed by atoms with E-state index in [0.29, 0.717) is 25.2 Å². The van der Waals surface area contributed by atoms with Crippen LogP contribution in [0.15, 0.2) is 18.2 Å². The van der Waals surface area contributed by atoms with Gasteiger partial charge in [0.2, 0.25) is 0 Å². The van der Waals surface area contributed by atoms with E-state index >= 15 is 0 Å². The SMILES string of the molecule is O=C(O)Oc1ccc([N+](=O)[O-])cc1C1CCOC1. The molecule has 0 aliphatic carbocycles. The van der Waals surface area contributed by atoms with Crippen molar-refractivity contribution in [3.05, 3.63) is 33.9 Å². The third-order valence-electron chi connectivity index (χ3n) is 2.77. The van der Waals surface area contributed by atoms with Gasteiger partial charge >= 0.3 is 6.16 Å². The minimum Gasteiger partial charge on any atom is -0.449 e. The molecule has 1 atom stereocenters. The predicted octanol–water partition coefficient (Wildman–Crippen LogP) is 2.16. The summed E-state index contributed by atoms with van der Waals surface area (Å²) in [6.07, 6.45) is -0.749. The lowest BCUT2D eigenvalue weighted by molar-refractivity contribution is -0.385. The zero-order valence-electron chi connectivity index (χ0n) is 9.37. The van der Waals surface area contributed by atoms with Gasteiger partial charge in [0, 0.05) is 30.2 Å². The Balaban J connectivity index is 2.38. The van der Waals surface area contributed by atoms with Crippen molar-refractivity contribution in [2.75, 3.05) is 13.2 Å². The van der Waals surface area contributed by atoms with Crippen LogP contribution < -0.4 is 4.74 Å². The molecule has 1 aromatic carbocycles. The van der Waals surface area contributed by atoms with Gasteiger partial charge in [-0.3, -0.25) is 10.1 Å². The smallest absolute Gasteiger partial charge is 0.449 e. The van der Waals surface area contributed by atoms with Gasteiger partial charge in [-0.15, -0.1) is 0 Å². The zero-order chi connectivity index (χ0) is 13.1. The van der Waals surface area contributed by atoms with Gasteiger partial charge in [0.25, 0.3) is 5.69 Å². The number of ether oxygens (including phenoxy) is 2. The third kappa shape index (κ3) is 2.57. The fourth-order valence-corrected chi connectivity index (χ4v) is 1.94. The first-order valence-corrected chi connectivity index (χ1v) is 5.35. The van der Waals surface area contributed by atoms with Crippen LogP contribution in [-0.2, 0) is 4.74 Å². The zero-order valence-corrected chi connectivity index (χ0v) is 9.37. The largest absolute Gasteiger partial charge is 0.511 e. The summed E-state index contributed by atoms with van der Waals surface area (Å²) >= 11 is 0. The average molecular weight is 253 g/mol. The molecule has 0 spiro atoms. The predicted molar refractivity (Wildman–Crippen MR) is 59.9 cm³/mol. The van der Waals surface area contributed by atoms with Crippen molar-refractivity contribution in [2.45, 2.75) is 12.3 Å². The van der Waals surface area contributed by atoms with Gasteiger partial charge in [-0.25, -0.2) is 4.79 Å². The van der Waals surface area contributed by atoms with Crippen molar-refractivity contribution in [1.82, 2.24) is 0 Å². The molecule has 7 nitrogen and oxygen atoms in total. The third-order valence-corrected chi connectivity index (χ3v) is 2.77. The summed E-state index contributed by atoms with van der Waals surface area (Å²) in [5, 5.41) is 19.3. The summed E-state index contributed by atoms with van der Waals surface area (Å²) in [6, 6.07) is 3.87. The summed E-state index contributed by atoms with van der Waals surface area (Å²) in [6.45, 7) is 0.969. The minimum atomic E-state index is -1.44. The van der Waals surface area contributed by atoms with Gasteiger partial charge < -0.3 is 14.6 Å². The molecule has 1 saturated heterocycles. The van der Waals surface area contributed by atoms with E-state index in [1.165, 1.54) is 18.2 Å². The molecule has 2 rings (SSSR count). The average Bonchev–Trinajstić information content (AvgIpc) is 2.81. The fraction of sp³-hybridized carbons (Fsp3) is 0.364. The highest BCUT2D eigenvalue weighted by Crippen LogP contribution is 2.35. The number of rotatable bonds is 3. The van der Waals surface area contributed by atoms with Crippen molar-refractivity contribution in [1.29, 1.82) is 0 Å². The number of benzene rings is 1. The van der Waals surface area contributed by atoms with E-state index in [1.54, 1.807) is 0 Å². The molecule has 1 aliphatic heterocycles. The summed E-state index contributed by atoms with van der Waals surface area (Å²) in [7, 11) is 0. The molecule has 96 valence electrons. The van der Waals surface area contributed by atoms with E-state index in [4.69, 9.17) is 9.84 Å². The van der Waals surface area contributed by atoms with E-state index in [0.717, 1.165) is 0 Å². The quantitative estimate of drug-likeness (QED) is 0.383. The molecule has 0 aromatic heterocycles. The first kappa shape index (κ1) is 12.3. The molecule has 0 radical (unpaired) electrons. The molecule has 0 saturated carbocycles. The van der Waals surface area contributed by atoms with E-state index in [-0.39, 0.29) is 17.4 Å². The molecule has 18 heavy (non-hydrogen) atoms. The van der Waals surface area contributed by atoms with Crippen LogP contribution in [0, 0.1) is 10.1 Å². The van der Waals surface area contributed by atoms with Crippen LogP contribution in [-0.4, -0.2) is 29.4 Å². The highest BCUT2D eigenvalue weighted by Gasteiger charge is 2.24. The molecular formula is C11H11NO6. The molecule has 7 heteroatoms. The van der Waals surface area contributed by atoms with Gasteiger partial charge in [0.05, 0.1) is 11.5 Å². The van der Waals surface area contributed by atoms with Gasteiger partial charge in [-0.2, -0.15) is 0 Å². The Morgan fingerprint density at radius 1 is 1.56 bits per heavy atom. The summed E-state index contributed by atoms with van der Waals surface area (Å²) in [4.78, 5) is 20.8. The number of nitro benzene ring substituents is 1. The Kier molecular flexibility index (Phi) is 3.42. The Morgan fingerprint density at radius 3 is 2.89 bits per heavy atom. The van der Waals surface area contributed by atoms with Crippen LogP contribution in [0.3, 0.4) is 0 Å². The summed E-state index contributed by atoms with van der Waals surface area (Å²) in [5.41, 5.74) is 0.415. The van der Waals surface area contributed by atoms with Crippen LogP contribution in [0.1, 0.15) is 17.9 Å². The standard InChI is InChI=1S/C11H11NO6/c13-11(14)18-10-2-1-8(12(15)16)5-9(10)7-3-4-17-6-7/h1-2,5,7H,3-4,6H2,(H,13,14). The second-order valence-corrected chi connectivity index (χ2v) is 3.91. The van der Waals surface area contributed by atoms with Crippen LogP contribution in [0.25, 0.3) is 0 Å². The van der Waals surface area contributed by atoms with E-state index in [9.17, 15) is 14.9 Å². The van der Waals surface area contributed by atoms with Crippen LogP contribution in [0.5, 0.6) is 5.75 Å². The maximum atomic E-state index is 10.7. The first-order chi connectivity index (χ1) is 8.58. The second kappa shape index (κ2) is 5.01. The number of nitrogens with zero attached hydrogens (tertiary/aromatic N) is 1. The maximum Gasteiger partial charge on any atom is 0.511 e. The van der Waals surface area contributed by atoms with Gasteiger partial charge in [0.1, 0.15) is 5.75 Å². The Labute approximate surface area is 102 Å². The maximum absolute atomic E-state index is 10.7. The van der Waals surface area contributed by atoms with Gasteiger partial charge in [-0.05, 0) is 12.5 Å². The van der Waals surface area contributed by atoms with E-state index < -0.39 is 11.1 Å². The number of non-ortho nitro benzene ring substituents is 1. The van der Waals surface area contributed by atoms with Crippen molar-refractivity contribution < 1.29 is 24.3 Å². The summed E-state index contributed by atoms with van der Waals surface area (Å²) < 4.78 is 9.83. The van der Waals surface area contributed by atoms with Crippen LogP contribution in [0.2, 0.25) is 0 Å². The Hall–Kier alpha value is -2.15. The molecule has 1 N–H and O–H groups in total. The minimum absolute atomic E-state index is 0.0701. The Morgan fingerprint density at radius 2 is 2.33 bits per heavy atom. The van der Waals surface area contributed by atoms with Crippen molar-refractivity contribution in [3.63, 3.8) is 0 Å². The normalized spacial score (nSPS) is 18.6. The molecular weight excluding hydrogens is 242 g/mol. The first-order valence-electron chi connectivity index (χ1n) is 5.35. The lowest BCUT2D eigenvalue weighted by Crippen LogP contribution is -2.08. The molecule has 1 unspecified atom stereocenters. The highest BCUT2D eigenvalue weighted by molar-refractivity contribution is 5.63. The van der Waals surface area contributed by atoms with Crippen LogP contribution >= 0.6 is 0 Å². The lowest BCUT2D eigenvalue weighted by atomic mass is 9.97. The Bertz CT molecular complexity index is 480. The van der Waals surface area contributed by atoms with Crippen molar-refractivity contribution in [3.8, 4) is 5.75 Å². The van der Waals surface area contributed by atoms with Crippen LogP contribution in [0.4, 0.5) is 10.5 Å². The topological polar surface area (TPSA) is 98.9 Å². The molecule has 0 bridgehead atoms. The summed E-state index contributed by atoms with van der Waals surface area (Å²) in [5.74, 6) is 0.0582. The number of hydrogen-bond donors (Lipinski definition) is 1. The fourth-order valence-electron chi connectivity index (χ4n) is 1.94. The van der Waals surface area contributed by atoms with Gasteiger partial charge in [0.15, 0.2) is 0 Å². The number of nitro groups is 1. The molecule has 1 heterocycles. The number of hydrogen-bond acceptors (Lipinski definition) is 5.